The summed E-state index contributed by atoms with van der Waals surface area (Å²) in [5.41, 5.74) is 6.26. The van der Waals surface area contributed by atoms with Crippen molar-refractivity contribution in [1.29, 1.82) is 0 Å². The fourth-order valence-electron chi connectivity index (χ4n) is 2.32. The summed E-state index contributed by atoms with van der Waals surface area (Å²) >= 11 is 1.66. The molecule has 0 saturated heterocycles. The first-order valence-electron chi connectivity index (χ1n) is 7.02. The molecule has 21 heavy (non-hydrogen) atoms. The Hall–Kier alpha value is -2.13. The fraction of sp³-hybridized carbons (Fsp3) is 0.167. The van der Waals surface area contributed by atoms with Crippen LogP contribution in [0, 0.1) is 13.8 Å². The molecule has 3 heteroatoms. The van der Waals surface area contributed by atoms with E-state index in [0.717, 1.165) is 22.8 Å². The maximum atomic E-state index is 4.36. The molecule has 0 fully saturated rings. The molecule has 106 valence electrons. The Bertz CT molecular complexity index is 733. The molecular formula is C18H18N2S. The van der Waals surface area contributed by atoms with Crippen molar-refractivity contribution < 1.29 is 0 Å². The van der Waals surface area contributed by atoms with Crippen LogP contribution in [0.4, 0.5) is 5.69 Å². The molecule has 2 nitrogen and oxygen atoms in total. The summed E-state index contributed by atoms with van der Waals surface area (Å²) < 4.78 is 0. The predicted molar refractivity (Wildman–Crippen MR) is 90.8 cm³/mol. The van der Waals surface area contributed by atoms with E-state index in [9.17, 15) is 0 Å². The van der Waals surface area contributed by atoms with Crippen molar-refractivity contribution in [3.05, 3.63) is 70.7 Å². The predicted octanol–water partition coefficient (Wildman–Crippen LogP) is 5.04. The summed E-state index contributed by atoms with van der Waals surface area (Å²) in [6.45, 7) is 5.13. The topological polar surface area (TPSA) is 24.9 Å². The molecule has 0 bridgehead atoms. The summed E-state index contributed by atoms with van der Waals surface area (Å²) in [5, 5.41) is 6.57. The van der Waals surface area contributed by atoms with Gasteiger partial charge >= 0.3 is 0 Å². The average Bonchev–Trinajstić information content (AvgIpc) is 3.03. The van der Waals surface area contributed by atoms with Gasteiger partial charge in [0.2, 0.25) is 0 Å². The van der Waals surface area contributed by atoms with Gasteiger partial charge in [0.25, 0.3) is 0 Å². The molecule has 1 heterocycles. The van der Waals surface area contributed by atoms with E-state index in [4.69, 9.17) is 0 Å². The first-order chi connectivity index (χ1) is 10.2. The standard InChI is InChI=1S/C18H18N2S/c1-13-6-7-14(2)16(10-13)12-20-17-5-3-4-15(11-17)18-19-8-9-21-18/h3-11,20H,12H2,1-2H3. The molecule has 0 spiro atoms. The molecule has 0 atom stereocenters. The SMILES string of the molecule is Cc1ccc(C)c(CNc2cccc(-c3nccs3)c2)c1. The largest absolute Gasteiger partial charge is 0.381 e. The van der Waals surface area contributed by atoms with E-state index in [-0.39, 0.29) is 0 Å². The number of hydrogen-bond acceptors (Lipinski definition) is 3. The van der Waals surface area contributed by atoms with Gasteiger partial charge in [-0.05, 0) is 37.1 Å². The second-order valence-electron chi connectivity index (χ2n) is 5.20. The zero-order valence-electron chi connectivity index (χ0n) is 12.3. The molecule has 2 aromatic carbocycles. The van der Waals surface area contributed by atoms with Crippen LogP contribution in [0.5, 0.6) is 0 Å². The number of nitrogens with zero attached hydrogens (tertiary/aromatic N) is 1. The van der Waals surface area contributed by atoms with Crippen molar-refractivity contribution in [2.24, 2.45) is 0 Å². The van der Waals surface area contributed by atoms with Crippen LogP contribution in [0.2, 0.25) is 0 Å². The Balaban J connectivity index is 1.76. The van der Waals surface area contributed by atoms with Crippen LogP contribution in [0.3, 0.4) is 0 Å². The van der Waals surface area contributed by atoms with Crippen molar-refractivity contribution in [3.63, 3.8) is 0 Å². The van der Waals surface area contributed by atoms with Crippen molar-refractivity contribution in [3.8, 4) is 10.6 Å². The summed E-state index contributed by atoms with van der Waals surface area (Å²) in [4.78, 5) is 4.36. The van der Waals surface area contributed by atoms with Crippen molar-refractivity contribution >= 4 is 17.0 Å². The number of aryl methyl sites for hydroxylation is 2. The summed E-state index contributed by atoms with van der Waals surface area (Å²) in [6, 6.07) is 15.0. The highest BCUT2D eigenvalue weighted by Crippen LogP contribution is 2.24. The number of thiazole rings is 1. The van der Waals surface area contributed by atoms with Crippen LogP contribution < -0.4 is 5.32 Å². The van der Waals surface area contributed by atoms with Crippen LogP contribution in [-0.4, -0.2) is 4.98 Å². The minimum absolute atomic E-state index is 0.842. The molecule has 1 N–H and O–H groups in total. The Kier molecular flexibility index (Phi) is 4.02. The van der Waals surface area contributed by atoms with Gasteiger partial charge in [-0.2, -0.15) is 0 Å². The third-order valence-electron chi connectivity index (χ3n) is 3.53. The van der Waals surface area contributed by atoms with Crippen molar-refractivity contribution in [2.45, 2.75) is 20.4 Å². The van der Waals surface area contributed by atoms with Gasteiger partial charge in [-0.3, -0.25) is 0 Å². The van der Waals surface area contributed by atoms with E-state index < -0.39 is 0 Å². The highest BCUT2D eigenvalue weighted by Gasteiger charge is 2.03. The van der Waals surface area contributed by atoms with Gasteiger partial charge in [0.05, 0.1) is 0 Å². The molecule has 0 aliphatic rings. The first-order valence-corrected chi connectivity index (χ1v) is 7.90. The number of hydrogen-bond donors (Lipinski definition) is 1. The fourth-order valence-corrected chi connectivity index (χ4v) is 2.95. The van der Waals surface area contributed by atoms with E-state index in [1.807, 2.05) is 11.6 Å². The third kappa shape index (κ3) is 3.31. The molecule has 0 unspecified atom stereocenters. The Morgan fingerprint density at radius 2 is 2.00 bits per heavy atom. The van der Waals surface area contributed by atoms with Crippen LogP contribution in [0.15, 0.2) is 54.0 Å². The number of nitrogens with one attached hydrogen (secondary N) is 1. The minimum Gasteiger partial charge on any atom is -0.381 e. The van der Waals surface area contributed by atoms with Crippen LogP contribution in [0.25, 0.3) is 10.6 Å². The molecular weight excluding hydrogens is 276 g/mol. The summed E-state index contributed by atoms with van der Waals surface area (Å²) in [6.07, 6.45) is 1.84. The van der Waals surface area contributed by atoms with Crippen LogP contribution >= 0.6 is 11.3 Å². The minimum atomic E-state index is 0.842. The van der Waals surface area contributed by atoms with Gasteiger partial charge in [0, 0.05) is 29.4 Å². The molecule has 0 aliphatic heterocycles. The lowest BCUT2D eigenvalue weighted by atomic mass is 10.1. The smallest absolute Gasteiger partial charge is 0.123 e. The van der Waals surface area contributed by atoms with Gasteiger partial charge in [0.1, 0.15) is 5.01 Å². The molecule has 1 aromatic heterocycles. The lowest BCUT2D eigenvalue weighted by Gasteiger charge is -2.11. The lowest BCUT2D eigenvalue weighted by molar-refractivity contribution is 1.11. The maximum absolute atomic E-state index is 4.36. The van der Waals surface area contributed by atoms with E-state index in [2.05, 4.69) is 66.6 Å². The molecule has 3 rings (SSSR count). The van der Waals surface area contributed by atoms with Gasteiger partial charge in [0.15, 0.2) is 0 Å². The van der Waals surface area contributed by atoms with Crippen LogP contribution in [-0.2, 0) is 6.54 Å². The zero-order valence-corrected chi connectivity index (χ0v) is 13.1. The second-order valence-corrected chi connectivity index (χ2v) is 6.10. The number of aromatic nitrogens is 1. The second kappa shape index (κ2) is 6.10. The van der Waals surface area contributed by atoms with Crippen LogP contribution in [0.1, 0.15) is 16.7 Å². The zero-order chi connectivity index (χ0) is 14.7. The van der Waals surface area contributed by atoms with Gasteiger partial charge < -0.3 is 5.32 Å². The van der Waals surface area contributed by atoms with Crippen molar-refractivity contribution in [1.82, 2.24) is 4.98 Å². The first kappa shape index (κ1) is 13.8. The average molecular weight is 294 g/mol. The lowest BCUT2D eigenvalue weighted by Crippen LogP contribution is -2.01. The van der Waals surface area contributed by atoms with Gasteiger partial charge in [-0.1, -0.05) is 35.9 Å². The molecule has 0 aliphatic carbocycles. The van der Waals surface area contributed by atoms with Crippen molar-refractivity contribution in [2.75, 3.05) is 5.32 Å². The quantitative estimate of drug-likeness (QED) is 0.729. The van der Waals surface area contributed by atoms with Gasteiger partial charge in [-0.15, -0.1) is 11.3 Å². The van der Waals surface area contributed by atoms with E-state index in [1.165, 1.54) is 16.7 Å². The Morgan fingerprint density at radius 1 is 1.10 bits per heavy atom. The van der Waals surface area contributed by atoms with E-state index >= 15 is 0 Å². The third-order valence-corrected chi connectivity index (χ3v) is 4.35. The monoisotopic (exact) mass is 294 g/mol. The molecule has 3 aromatic rings. The van der Waals surface area contributed by atoms with E-state index in [1.54, 1.807) is 11.3 Å². The number of benzene rings is 2. The highest BCUT2D eigenvalue weighted by molar-refractivity contribution is 7.13. The Labute approximate surface area is 129 Å². The highest BCUT2D eigenvalue weighted by atomic mass is 32.1. The molecule has 0 amide bonds. The normalized spacial score (nSPS) is 10.6. The number of anilines is 1. The molecule has 0 saturated carbocycles. The Morgan fingerprint density at radius 3 is 2.81 bits per heavy atom. The number of rotatable bonds is 4. The molecule has 0 radical (unpaired) electrons. The summed E-state index contributed by atoms with van der Waals surface area (Å²) in [5.74, 6) is 0. The maximum Gasteiger partial charge on any atom is 0.123 e. The van der Waals surface area contributed by atoms with E-state index in [0.29, 0.717) is 0 Å². The van der Waals surface area contributed by atoms with Gasteiger partial charge in [-0.25, -0.2) is 4.98 Å². The summed E-state index contributed by atoms with van der Waals surface area (Å²) in [7, 11) is 0.